The highest BCUT2D eigenvalue weighted by Crippen LogP contribution is 2.44. The van der Waals surface area contributed by atoms with Gasteiger partial charge in [-0.15, -0.1) is 0 Å². The summed E-state index contributed by atoms with van der Waals surface area (Å²) in [6, 6.07) is 10.4. The van der Waals surface area contributed by atoms with E-state index in [9.17, 15) is 33.3 Å². The minimum Gasteiger partial charge on any atom is -0.383 e. The molecule has 3 aliphatic rings. The van der Waals surface area contributed by atoms with Crippen LogP contribution in [0.3, 0.4) is 0 Å². The Bertz CT molecular complexity index is 2550. The van der Waals surface area contributed by atoms with E-state index >= 15 is 0 Å². The van der Waals surface area contributed by atoms with Gasteiger partial charge in [-0.1, -0.05) is 0 Å². The Balaban J connectivity index is 0.806. The molecule has 1 fully saturated rings. The molecule has 21 heteroatoms. The number of alkyl halides is 2. The molecule has 0 aliphatic carbocycles. The molecule has 3 aliphatic heterocycles. The number of anilines is 4. The molecule has 0 spiro atoms. The number of nitro groups is 1. The highest BCUT2D eigenvalue weighted by Gasteiger charge is 2.35. The first-order valence-corrected chi connectivity index (χ1v) is 22.6. The Kier molecular flexibility index (Phi) is 13.8. The lowest BCUT2D eigenvalue weighted by molar-refractivity contribution is -0.380. The summed E-state index contributed by atoms with van der Waals surface area (Å²) < 4.78 is 38.8. The van der Waals surface area contributed by atoms with Crippen molar-refractivity contribution < 1.29 is 32.8 Å². The van der Waals surface area contributed by atoms with Gasteiger partial charge in [0.2, 0.25) is 11.8 Å². The number of likely N-dealkylation sites (tertiary alicyclic amines) is 1. The second-order valence-corrected chi connectivity index (χ2v) is 17.5. The lowest BCUT2D eigenvalue weighted by Crippen LogP contribution is -2.43. The van der Waals surface area contributed by atoms with Crippen molar-refractivity contribution in [1.29, 1.82) is 0 Å². The molecule has 3 N–H and O–H groups in total. The smallest absolute Gasteiger partial charge is 0.348 e. The Morgan fingerprint density at radius 2 is 1.82 bits per heavy atom. The van der Waals surface area contributed by atoms with Gasteiger partial charge in [-0.05, 0) is 91.5 Å². The van der Waals surface area contributed by atoms with Crippen molar-refractivity contribution >= 4 is 56.4 Å². The fourth-order valence-electron chi connectivity index (χ4n) is 8.81. The second-order valence-electron chi connectivity index (χ2n) is 16.5. The third-order valence-electron chi connectivity index (χ3n) is 12.1. The standard InChI is InChI=1S/C44H52F2N12O6S/c1-27-43(58(62)63)65-44(50-27)51-42(61)29-6-8-32(9-7-29)47-13-19-64-20-14-48-39(60)26-54-16-10-33(11-17-54)57-37-12-18-55(28(2)59)25-36(37)41(52-57)56-15-4-5-30-21-34(31-23-49-53(3)24-31)35(40(45)46)22-38(30)56/h6-9,21-24,33,40,47H,4-5,10-20,25-26H2,1-3H3,(H,48,60)(H,50,51,61). The van der Waals surface area contributed by atoms with Crippen molar-refractivity contribution in [3.63, 3.8) is 0 Å². The van der Waals surface area contributed by atoms with E-state index in [1.165, 1.54) is 6.92 Å². The van der Waals surface area contributed by atoms with Crippen LogP contribution >= 0.6 is 11.3 Å². The number of aromatic nitrogens is 5. The van der Waals surface area contributed by atoms with E-state index in [0.29, 0.717) is 82.1 Å². The maximum absolute atomic E-state index is 14.7. The van der Waals surface area contributed by atoms with Crippen LogP contribution in [0.15, 0.2) is 48.8 Å². The SMILES string of the molecule is CC(=O)N1CCc2c(c(N3CCCc4cc(-c5cnn(C)c5)c(C(F)F)cc43)nn2C2CCN(CC(=O)NCCOCCNc3ccc(C(=O)Nc4nc(C)c([N+](=O)[O-])s4)cc3)CC2)C1. The molecule has 0 saturated carbocycles. The molecule has 8 rings (SSSR count). The Morgan fingerprint density at radius 1 is 1.05 bits per heavy atom. The number of carbonyl (C=O) groups is 3. The number of piperidine rings is 1. The first-order valence-electron chi connectivity index (χ1n) is 21.7. The van der Waals surface area contributed by atoms with Crippen LogP contribution in [-0.2, 0) is 40.8 Å². The molecule has 5 aromatic rings. The summed E-state index contributed by atoms with van der Waals surface area (Å²) in [7, 11) is 1.77. The molecule has 2 aromatic carbocycles. The van der Waals surface area contributed by atoms with E-state index in [0.717, 1.165) is 71.0 Å². The van der Waals surface area contributed by atoms with Crippen molar-refractivity contribution in [3.05, 3.63) is 92.5 Å². The number of hydrogen-bond acceptors (Lipinski definition) is 13. The van der Waals surface area contributed by atoms with Gasteiger partial charge in [-0.2, -0.15) is 10.2 Å². The summed E-state index contributed by atoms with van der Waals surface area (Å²) in [5.41, 5.74) is 6.24. The van der Waals surface area contributed by atoms with E-state index in [2.05, 4.69) is 40.5 Å². The molecule has 65 heavy (non-hydrogen) atoms. The summed E-state index contributed by atoms with van der Waals surface area (Å²) in [4.78, 5) is 58.7. The molecule has 0 unspecified atom stereocenters. The van der Waals surface area contributed by atoms with E-state index in [1.807, 2.05) is 11.0 Å². The van der Waals surface area contributed by atoms with Gasteiger partial charge >= 0.3 is 5.00 Å². The molecule has 3 amide bonds. The predicted octanol–water partition coefficient (Wildman–Crippen LogP) is 6.02. The lowest BCUT2D eigenvalue weighted by atomic mass is 9.92. The number of fused-ring (bicyclic) bond motifs is 2. The zero-order valence-electron chi connectivity index (χ0n) is 36.5. The van der Waals surface area contributed by atoms with Crippen LogP contribution in [-0.4, -0.2) is 116 Å². The van der Waals surface area contributed by atoms with Gasteiger partial charge in [0.15, 0.2) is 10.9 Å². The summed E-state index contributed by atoms with van der Waals surface area (Å²) in [5.74, 6) is 0.199. The molecule has 0 radical (unpaired) electrons. The van der Waals surface area contributed by atoms with Gasteiger partial charge in [-0.25, -0.2) is 13.8 Å². The number of thiazole rings is 1. The summed E-state index contributed by atoms with van der Waals surface area (Å²) in [5, 5.41) is 29.4. The van der Waals surface area contributed by atoms with E-state index in [-0.39, 0.29) is 45.8 Å². The van der Waals surface area contributed by atoms with Crippen molar-refractivity contribution in [2.45, 2.75) is 65.0 Å². The predicted molar refractivity (Wildman–Crippen MR) is 241 cm³/mol. The fourth-order valence-corrected chi connectivity index (χ4v) is 9.59. The number of halogens is 2. The van der Waals surface area contributed by atoms with Crippen molar-refractivity contribution in [1.82, 2.24) is 39.7 Å². The molecule has 1 saturated heterocycles. The van der Waals surface area contributed by atoms with Crippen LogP contribution in [0, 0.1) is 17.0 Å². The fraction of sp³-hybridized carbons (Fsp3) is 0.455. The summed E-state index contributed by atoms with van der Waals surface area (Å²) in [6.45, 7) is 7.97. The van der Waals surface area contributed by atoms with Crippen molar-refractivity contribution in [2.24, 2.45) is 7.05 Å². The first kappa shape index (κ1) is 45.3. The Labute approximate surface area is 378 Å². The summed E-state index contributed by atoms with van der Waals surface area (Å²) in [6.07, 6.45) is 4.46. The molecule has 0 bridgehead atoms. The average molecular weight is 915 g/mol. The molecular weight excluding hydrogens is 863 g/mol. The normalized spacial score (nSPS) is 15.5. The van der Waals surface area contributed by atoms with Gasteiger partial charge in [0.1, 0.15) is 5.69 Å². The number of nitrogens with one attached hydrogen (secondary N) is 3. The van der Waals surface area contributed by atoms with Gasteiger partial charge in [-0.3, -0.25) is 44.1 Å². The number of nitrogens with zero attached hydrogens (tertiary/aromatic N) is 9. The number of rotatable bonds is 16. The zero-order valence-corrected chi connectivity index (χ0v) is 37.3. The number of aryl methyl sites for hydroxylation is 3. The van der Waals surface area contributed by atoms with E-state index in [1.54, 1.807) is 61.4 Å². The maximum atomic E-state index is 14.7. The number of hydrogen-bond donors (Lipinski definition) is 3. The van der Waals surface area contributed by atoms with Gasteiger partial charge in [0.25, 0.3) is 12.3 Å². The second kappa shape index (κ2) is 19.8. The number of ether oxygens (including phenoxy) is 1. The largest absolute Gasteiger partial charge is 0.383 e. The minimum absolute atomic E-state index is 0.0168. The molecule has 18 nitrogen and oxygen atoms in total. The molecular formula is C44H52F2N12O6S. The number of amides is 3. The molecule has 344 valence electrons. The Hall–Kier alpha value is -6.32. The van der Waals surface area contributed by atoms with Crippen molar-refractivity contribution in [2.75, 3.05) is 74.6 Å². The molecule has 0 atom stereocenters. The lowest BCUT2D eigenvalue weighted by Gasteiger charge is -2.33. The van der Waals surface area contributed by atoms with Gasteiger partial charge in [0.05, 0.1) is 43.5 Å². The topological polar surface area (TPSA) is 198 Å². The van der Waals surface area contributed by atoms with Crippen LogP contribution in [0.5, 0.6) is 0 Å². The highest BCUT2D eigenvalue weighted by atomic mass is 32.1. The average Bonchev–Trinajstić information content (AvgIpc) is 4.01. The Morgan fingerprint density at radius 3 is 2.51 bits per heavy atom. The quantitative estimate of drug-likeness (QED) is 0.0593. The van der Waals surface area contributed by atoms with Crippen LogP contribution in [0.4, 0.5) is 36.1 Å². The minimum atomic E-state index is -2.69. The summed E-state index contributed by atoms with van der Waals surface area (Å²) >= 11 is 0.809. The zero-order chi connectivity index (χ0) is 45.8. The van der Waals surface area contributed by atoms with E-state index < -0.39 is 17.3 Å². The van der Waals surface area contributed by atoms with Crippen LogP contribution in [0.2, 0.25) is 0 Å². The number of benzene rings is 2. The molecule has 6 heterocycles. The monoisotopic (exact) mass is 914 g/mol. The third-order valence-corrected chi connectivity index (χ3v) is 13.1. The van der Waals surface area contributed by atoms with Crippen LogP contribution in [0.1, 0.15) is 77.1 Å². The van der Waals surface area contributed by atoms with Gasteiger partial charge in [0, 0.05) is 105 Å². The van der Waals surface area contributed by atoms with Crippen LogP contribution in [0.25, 0.3) is 11.1 Å². The van der Waals surface area contributed by atoms with E-state index in [4.69, 9.17) is 9.84 Å². The van der Waals surface area contributed by atoms with Crippen molar-refractivity contribution in [3.8, 4) is 11.1 Å². The van der Waals surface area contributed by atoms with Crippen LogP contribution < -0.4 is 20.9 Å². The first-order chi connectivity index (χ1) is 31.3. The van der Waals surface area contributed by atoms with Gasteiger partial charge < -0.3 is 25.2 Å². The molecule has 3 aromatic heterocycles. The third kappa shape index (κ3) is 10.3. The maximum Gasteiger partial charge on any atom is 0.348 e. The highest BCUT2D eigenvalue weighted by molar-refractivity contribution is 7.19. The number of carbonyl (C=O) groups excluding carboxylic acids is 3.